The fraction of sp³-hybridized carbons (Fsp3) is 0.800. The molecule has 0 aliphatic heterocycles. The maximum atomic E-state index is 4.10. The molecule has 1 saturated carbocycles. The molecule has 1 fully saturated rings. The number of nitrogens with one attached hydrogen (secondary N) is 1. The monoisotopic (exact) mass is 211 g/mol. The van der Waals surface area contributed by atoms with E-state index in [1.807, 2.05) is 6.92 Å². The number of nitrogens with zero attached hydrogens (tertiary/aromatic N) is 2. The van der Waals surface area contributed by atoms with E-state index in [0.717, 1.165) is 22.0 Å². The van der Waals surface area contributed by atoms with Crippen LogP contribution in [0.25, 0.3) is 0 Å². The van der Waals surface area contributed by atoms with Crippen molar-refractivity contribution in [2.24, 2.45) is 11.8 Å². The van der Waals surface area contributed by atoms with Crippen LogP contribution in [0.4, 0.5) is 5.13 Å². The smallest absolute Gasteiger partial charge is 0.205 e. The number of aromatic nitrogens is 2. The summed E-state index contributed by atoms with van der Waals surface area (Å²) in [5.74, 6) is 1.58. The normalized spacial score (nSPS) is 32.1. The van der Waals surface area contributed by atoms with Gasteiger partial charge in [-0.3, -0.25) is 0 Å². The fourth-order valence-electron chi connectivity index (χ4n) is 2.08. The van der Waals surface area contributed by atoms with Gasteiger partial charge in [0.2, 0.25) is 5.13 Å². The second-order valence-electron chi connectivity index (χ2n) is 4.29. The van der Waals surface area contributed by atoms with Crippen LogP contribution in [0.3, 0.4) is 0 Å². The van der Waals surface area contributed by atoms with E-state index in [2.05, 4.69) is 29.4 Å². The van der Waals surface area contributed by atoms with Crippen molar-refractivity contribution in [2.75, 3.05) is 5.32 Å². The molecule has 1 aromatic heterocycles. The Hall–Kier alpha value is -0.640. The average molecular weight is 211 g/mol. The number of hydrogen-bond donors (Lipinski definition) is 1. The molecule has 3 nitrogen and oxygen atoms in total. The van der Waals surface area contributed by atoms with Gasteiger partial charge in [-0.2, -0.15) is 0 Å². The van der Waals surface area contributed by atoms with Gasteiger partial charge in [0.05, 0.1) is 0 Å². The quantitative estimate of drug-likeness (QED) is 0.817. The van der Waals surface area contributed by atoms with Crippen molar-refractivity contribution >= 4 is 16.5 Å². The number of hydrogen-bond acceptors (Lipinski definition) is 4. The van der Waals surface area contributed by atoms with E-state index >= 15 is 0 Å². The average Bonchev–Trinajstić information content (AvgIpc) is 2.67. The number of aryl methyl sites for hydroxylation is 1. The lowest BCUT2D eigenvalue weighted by molar-refractivity contribution is 0.435. The third-order valence-electron chi connectivity index (χ3n) is 3.30. The minimum absolute atomic E-state index is 0.595. The predicted octanol–water partition coefficient (Wildman–Crippen LogP) is 2.69. The van der Waals surface area contributed by atoms with Gasteiger partial charge in [0.15, 0.2) is 0 Å². The Labute approximate surface area is 88.9 Å². The largest absolute Gasteiger partial charge is 0.357 e. The summed E-state index contributed by atoms with van der Waals surface area (Å²) in [5.41, 5.74) is 0. The first-order valence-corrected chi connectivity index (χ1v) is 6.05. The van der Waals surface area contributed by atoms with Crippen LogP contribution in [0.2, 0.25) is 0 Å². The SMILES string of the molecule is Cc1nnc(NC2CCC(C)C2C)s1. The topological polar surface area (TPSA) is 37.8 Å². The highest BCUT2D eigenvalue weighted by Crippen LogP contribution is 2.33. The minimum atomic E-state index is 0.595. The molecule has 1 N–H and O–H groups in total. The molecule has 0 amide bonds. The molecule has 0 radical (unpaired) electrons. The van der Waals surface area contributed by atoms with Crippen molar-refractivity contribution in [1.82, 2.24) is 10.2 Å². The van der Waals surface area contributed by atoms with E-state index in [1.165, 1.54) is 12.8 Å². The van der Waals surface area contributed by atoms with Crippen molar-refractivity contribution in [3.8, 4) is 0 Å². The zero-order valence-electron chi connectivity index (χ0n) is 8.95. The van der Waals surface area contributed by atoms with Crippen LogP contribution in [-0.2, 0) is 0 Å². The van der Waals surface area contributed by atoms with Gasteiger partial charge in [-0.05, 0) is 31.6 Å². The van der Waals surface area contributed by atoms with Crippen LogP contribution in [0.1, 0.15) is 31.7 Å². The van der Waals surface area contributed by atoms with E-state index in [1.54, 1.807) is 11.3 Å². The van der Waals surface area contributed by atoms with Crippen molar-refractivity contribution in [2.45, 2.75) is 39.7 Å². The summed E-state index contributed by atoms with van der Waals surface area (Å²) >= 11 is 1.64. The summed E-state index contributed by atoms with van der Waals surface area (Å²) in [6, 6.07) is 0.595. The summed E-state index contributed by atoms with van der Waals surface area (Å²) in [4.78, 5) is 0. The van der Waals surface area contributed by atoms with Crippen molar-refractivity contribution in [3.63, 3.8) is 0 Å². The molecule has 0 bridgehead atoms. The Morgan fingerprint density at radius 2 is 2.07 bits per heavy atom. The van der Waals surface area contributed by atoms with Crippen LogP contribution in [-0.4, -0.2) is 16.2 Å². The molecule has 3 atom stereocenters. The van der Waals surface area contributed by atoms with E-state index < -0.39 is 0 Å². The van der Waals surface area contributed by atoms with Crippen LogP contribution < -0.4 is 5.32 Å². The third kappa shape index (κ3) is 1.90. The number of anilines is 1. The Kier molecular flexibility index (Phi) is 2.72. The highest BCUT2D eigenvalue weighted by molar-refractivity contribution is 7.15. The van der Waals surface area contributed by atoms with Crippen LogP contribution in [0.5, 0.6) is 0 Å². The van der Waals surface area contributed by atoms with Gasteiger partial charge in [-0.25, -0.2) is 0 Å². The van der Waals surface area contributed by atoms with Gasteiger partial charge in [-0.15, -0.1) is 10.2 Å². The lowest BCUT2D eigenvalue weighted by Crippen LogP contribution is -2.23. The van der Waals surface area contributed by atoms with Crippen molar-refractivity contribution in [1.29, 1.82) is 0 Å². The standard InChI is InChI=1S/C10H17N3S/c1-6-4-5-9(7(6)2)11-10-13-12-8(3)14-10/h6-7,9H,4-5H2,1-3H3,(H,11,13). The zero-order chi connectivity index (χ0) is 10.1. The first-order valence-electron chi connectivity index (χ1n) is 5.23. The summed E-state index contributed by atoms with van der Waals surface area (Å²) in [6.45, 7) is 6.64. The molecule has 0 spiro atoms. The van der Waals surface area contributed by atoms with Crippen LogP contribution >= 0.6 is 11.3 Å². The summed E-state index contributed by atoms with van der Waals surface area (Å²) in [6.07, 6.45) is 2.59. The summed E-state index contributed by atoms with van der Waals surface area (Å²) in [7, 11) is 0. The molecule has 4 heteroatoms. The van der Waals surface area contributed by atoms with E-state index in [4.69, 9.17) is 0 Å². The van der Waals surface area contributed by atoms with Gasteiger partial charge in [0.25, 0.3) is 0 Å². The predicted molar refractivity (Wildman–Crippen MR) is 59.6 cm³/mol. The molecule has 0 saturated heterocycles. The zero-order valence-corrected chi connectivity index (χ0v) is 9.77. The maximum Gasteiger partial charge on any atom is 0.205 e. The molecule has 78 valence electrons. The van der Waals surface area contributed by atoms with Gasteiger partial charge in [0.1, 0.15) is 5.01 Å². The fourth-order valence-corrected chi connectivity index (χ4v) is 2.74. The molecule has 3 unspecified atom stereocenters. The van der Waals surface area contributed by atoms with Crippen molar-refractivity contribution < 1.29 is 0 Å². The highest BCUT2D eigenvalue weighted by atomic mass is 32.1. The Bertz CT molecular complexity index is 310. The van der Waals surface area contributed by atoms with Crippen LogP contribution in [0.15, 0.2) is 0 Å². The Balaban J connectivity index is 1.98. The Morgan fingerprint density at radius 3 is 2.57 bits per heavy atom. The van der Waals surface area contributed by atoms with Gasteiger partial charge < -0.3 is 5.32 Å². The first kappa shape index (κ1) is 9.90. The van der Waals surface area contributed by atoms with Gasteiger partial charge in [-0.1, -0.05) is 25.2 Å². The number of rotatable bonds is 2. The second kappa shape index (κ2) is 3.85. The lowest BCUT2D eigenvalue weighted by Gasteiger charge is -2.18. The molecule has 2 rings (SSSR count). The van der Waals surface area contributed by atoms with E-state index in [0.29, 0.717) is 6.04 Å². The molecular formula is C10H17N3S. The highest BCUT2D eigenvalue weighted by Gasteiger charge is 2.30. The molecular weight excluding hydrogens is 194 g/mol. The molecule has 1 aromatic rings. The molecule has 1 aliphatic carbocycles. The van der Waals surface area contributed by atoms with Crippen molar-refractivity contribution in [3.05, 3.63) is 5.01 Å². The molecule has 1 heterocycles. The molecule has 1 aliphatic rings. The third-order valence-corrected chi connectivity index (χ3v) is 4.07. The van der Waals surface area contributed by atoms with E-state index in [-0.39, 0.29) is 0 Å². The minimum Gasteiger partial charge on any atom is -0.357 e. The molecule has 14 heavy (non-hydrogen) atoms. The maximum absolute atomic E-state index is 4.10. The molecule has 0 aromatic carbocycles. The van der Waals surface area contributed by atoms with Gasteiger partial charge in [0, 0.05) is 6.04 Å². The van der Waals surface area contributed by atoms with E-state index in [9.17, 15) is 0 Å². The first-order chi connectivity index (χ1) is 6.66. The van der Waals surface area contributed by atoms with Gasteiger partial charge >= 0.3 is 0 Å². The summed E-state index contributed by atoms with van der Waals surface area (Å²) in [5, 5.41) is 13.6. The second-order valence-corrected chi connectivity index (χ2v) is 5.47. The van der Waals surface area contributed by atoms with Crippen LogP contribution in [0, 0.1) is 18.8 Å². The Morgan fingerprint density at radius 1 is 1.29 bits per heavy atom. The summed E-state index contributed by atoms with van der Waals surface area (Å²) < 4.78 is 0. The lowest BCUT2D eigenvalue weighted by atomic mass is 9.98.